The van der Waals surface area contributed by atoms with Crippen molar-refractivity contribution in [1.82, 2.24) is 9.80 Å². The molecule has 2 amide bonds. The SMILES string of the molecule is CCOC(=O)[C@@H]1CCCN(C(=O)c2cccc(CN3CCCC3=O)c2)C1. The maximum atomic E-state index is 12.9. The molecule has 26 heavy (non-hydrogen) atoms. The van der Waals surface area contributed by atoms with Crippen molar-refractivity contribution in [2.24, 2.45) is 5.92 Å². The van der Waals surface area contributed by atoms with Crippen molar-refractivity contribution < 1.29 is 19.1 Å². The van der Waals surface area contributed by atoms with Crippen molar-refractivity contribution in [3.63, 3.8) is 0 Å². The highest BCUT2D eigenvalue weighted by molar-refractivity contribution is 5.94. The Kier molecular flexibility index (Phi) is 5.91. The van der Waals surface area contributed by atoms with Crippen LogP contribution in [0.5, 0.6) is 0 Å². The fourth-order valence-electron chi connectivity index (χ4n) is 3.69. The molecule has 0 bridgehead atoms. The lowest BCUT2D eigenvalue weighted by atomic mass is 9.97. The average molecular weight is 358 g/mol. The minimum atomic E-state index is -0.238. The lowest BCUT2D eigenvalue weighted by Crippen LogP contribution is -2.42. The summed E-state index contributed by atoms with van der Waals surface area (Å²) in [6.45, 7) is 4.55. The lowest BCUT2D eigenvalue weighted by molar-refractivity contribution is -0.149. The number of carbonyl (C=O) groups excluding carboxylic acids is 3. The van der Waals surface area contributed by atoms with Crippen molar-refractivity contribution >= 4 is 17.8 Å². The molecule has 2 saturated heterocycles. The number of rotatable bonds is 5. The number of carbonyl (C=O) groups is 3. The number of nitrogens with zero attached hydrogens (tertiary/aromatic N) is 2. The topological polar surface area (TPSA) is 66.9 Å². The largest absolute Gasteiger partial charge is 0.466 e. The van der Waals surface area contributed by atoms with Crippen LogP contribution in [-0.2, 0) is 20.9 Å². The molecular formula is C20H26N2O4. The lowest BCUT2D eigenvalue weighted by Gasteiger charge is -2.31. The van der Waals surface area contributed by atoms with E-state index in [9.17, 15) is 14.4 Å². The van der Waals surface area contributed by atoms with Crippen LogP contribution in [0, 0.1) is 5.92 Å². The maximum Gasteiger partial charge on any atom is 0.310 e. The molecule has 6 heteroatoms. The Hall–Kier alpha value is -2.37. The van der Waals surface area contributed by atoms with Gasteiger partial charge in [-0.3, -0.25) is 14.4 Å². The van der Waals surface area contributed by atoms with E-state index in [4.69, 9.17) is 4.74 Å². The quantitative estimate of drug-likeness (QED) is 0.757. The van der Waals surface area contributed by atoms with Gasteiger partial charge in [-0.1, -0.05) is 12.1 Å². The van der Waals surface area contributed by atoms with Gasteiger partial charge in [-0.15, -0.1) is 0 Å². The van der Waals surface area contributed by atoms with Crippen molar-refractivity contribution in [2.45, 2.75) is 39.2 Å². The van der Waals surface area contributed by atoms with Gasteiger partial charge in [0.2, 0.25) is 5.91 Å². The molecule has 2 aliphatic heterocycles. The number of ether oxygens (including phenoxy) is 1. The van der Waals surface area contributed by atoms with E-state index in [1.807, 2.05) is 23.1 Å². The first-order chi connectivity index (χ1) is 12.6. The van der Waals surface area contributed by atoms with Crippen LogP contribution >= 0.6 is 0 Å². The fourth-order valence-corrected chi connectivity index (χ4v) is 3.69. The fraction of sp³-hybridized carbons (Fsp3) is 0.550. The third-order valence-electron chi connectivity index (χ3n) is 5.05. The maximum absolute atomic E-state index is 12.9. The molecule has 0 spiro atoms. The first-order valence-corrected chi connectivity index (χ1v) is 9.41. The summed E-state index contributed by atoms with van der Waals surface area (Å²) in [6.07, 6.45) is 3.08. The summed E-state index contributed by atoms with van der Waals surface area (Å²) in [5, 5.41) is 0. The first kappa shape index (κ1) is 18.4. The van der Waals surface area contributed by atoms with E-state index in [1.54, 1.807) is 17.9 Å². The number of esters is 1. The summed E-state index contributed by atoms with van der Waals surface area (Å²) in [7, 11) is 0. The smallest absolute Gasteiger partial charge is 0.310 e. The van der Waals surface area contributed by atoms with E-state index in [-0.39, 0.29) is 23.7 Å². The highest BCUT2D eigenvalue weighted by Crippen LogP contribution is 2.21. The van der Waals surface area contributed by atoms with Gasteiger partial charge in [0, 0.05) is 38.2 Å². The molecule has 1 aromatic rings. The second-order valence-electron chi connectivity index (χ2n) is 6.96. The molecule has 0 saturated carbocycles. The number of hydrogen-bond donors (Lipinski definition) is 0. The third kappa shape index (κ3) is 4.23. The van der Waals surface area contributed by atoms with Crippen LogP contribution in [-0.4, -0.2) is 53.8 Å². The van der Waals surface area contributed by atoms with Crippen molar-refractivity contribution in [2.75, 3.05) is 26.2 Å². The van der Waals surface area contributed by atoms with E-state index in [2.05, 4.69) is 0 Å². The van der Waals surface area contributed by atoms with Gasteiger partial charge < -0.3 is 14.5 Å². The van der Waals surface area contributed by atoms with Gasteiger partial charge in [0.15, 0.2) is 0 Å². The van der Waals surface area contributed by atoms with Gasteiger partial charge in [0.25, 0.3) is 5.91 Å². The molecule has 0 aromatic heterocycles. The summed E-state index contributed by atoms with van der Waals surface area (Å²) < 4.78 is 5.10. The van der Waals surface area contributed by atoms with Gasteiger partial charge in [-0.2, -0.15) is 0 Å². The van der Waals surface area contributed by atoms with Gasteiger partial charge >= 0.3 is 5.97 Å². The van der Waals surface area contributed by atoms with Gasteiger partial charge in [0.05, 0.1) is 12.5 Å². The molecule has 0 radical (unpaired) electrons. The Morgan fingerprint density at radius 3 is 2.81 bits per heavy atom. The summed E-state index contributed by atoms with van der Waals surface area (Å²) in [6, 6.07) is 7.46. The molecule has 2 fully saturated rings. The molecule has 2 aliphatic rings. The molecule has 2 heterocycles. The number of hydrogen-bond acceptors (Lipinski definition) is 4. The molecule has 0 unspecified atom stereocenters. The van der Waals surface area contributed by atoms with Crippen LogP contribution in [0.1, 0.15) is 48.5 Å². The molecular weight excluding hydrogens is 332 g/mol. The van der Waals surface area contributed by atoms with Crippen LogP contribution in [0.25, 0.3) is 0 Å². The summed E-state index contributed by atoms with van der Waals surface area (Å²) >= 11 is 0. The number of piperidine rings is 1. The zero-order valence-corrected chi connectivity index (χ0v) is 15.3. The standard InChI is InChI=1S/C20H26N2O4/c1-2-26-20(25)17-8-4-11-22(14-17)19(24)16-7-3-6-15(12-16)13-21-10-5-9-18(21)23/h3,6-7,12,17H,2,4-5,8-11,13-14H2,1H3/t17-/m1/s1. The summed E-state index contributed by atoms with van der Waals surface area (Å²) in [5.74, 6) is -0.340. The number of amides is 2. The van der Waals surface area contributed by atoms with Crippen LogP contribution in [0.4, 0.5) is 0 Å². The van der Waals surface area contributed by atoms with Crippen molar-refractivity contribution in [3.8, 4) is 0 Å². The van der Waals surface area contributed by atoms with Gasteiger partial charge in [0.1, 0.15) is 0 Å². The molecule has 0 aliphatic carbocycles. The molecule has 140 valence electrons. The van der Waals surface area contributed by atoms with Crippen LogP contribution in [0.3, 0.4) is 0 Å². The summed E-state index contributed by atoms with van der Waals surface area (Å²) in [5.41, 5.74) is 1.57. The molecule has 1 aromatic carbocycles. The van der Waals surface area contributed by atoms with E-state index in [0.29, 0.717) is 38.2 Å². The van der Waals surface area contributed by atoms with Gasteiger partial charge in [-0.05, 0) is 43.9 Å². The Morgan fingerprint density at radius 1 is 1.23 bits per heavy atom. The minimum absolute atomic E-state index is 0.0615. The van der Waals surface area contributed by atoms with Crippen molar-refractivity contribution in [3.05, 3.63) is 35.4 Å². The highest BCUT2D eigenvalue weighted by Gasteiger charge is 2.30. The second-order valence-corrected chi connectivity index (χ2v) is 6.96. The highest BCUT2D eigenvalue weighted by atomic mass is 16.5. The molecule has 6 nitrogen and oxygen atoms in total. The monoisotopic (exact) mass is 358 g/mol. The Balaban J connectivity index is 1.66. The first-order valence-electron chi connectivity index (χ1n) is 9.41. The van der Waals surface area contributed by atoms with Gasteiger partial charge in [-0.25, -0.2) is 0 Å². The zero-order valence-electron chi connectivity index (χ0n) is 15.3. The van der Waals surface area contributed by atoms with E-state index in [0.717, 1.165) is 31.4 Å². The predicted molar refractivity (Wildman–Crippen MR) is 96.4 cm³/mol. The Morgan fingerprint density at radius 2 is 2.08 bits per heavy atom. The third-order valence-corrected chi connectivity index (χ3v) is 5.05. The van der Waals surface area contributed by atoms with E-state index >= 15 is 0 Å². The Labute approximate surface area is 154 Å². The molecule has 1 atom stereocenters. The van der Waals surface area contributed by atoms with Crippen molar-refractivity contribution in [1.29, 1.82) is 0 Å². The van der Waals surface area contributed by atoms with Crippen LogP contribution in [0.2, 0.25) is 0 Å². The normalized spacial score (nSPS) is 20.3. The number of likely N-dealkylation sites (tertiary alicyclic amines) is 2. The minimum Gasteiger partial charge on any atom is -0.466 e. The summed E-state index contributed by atoms with van der Waals surface area (Å²) in [4.78, 5) is 40.2. The molecule has 3 rings (SSSR count). The Bertz CT molecular complexity index is 688. The average Bonchev–Trinajstić information content (AvgIpc) is 3.06. The van der Waals surface area contributed by atoms with E-state index in [1.165, 1.54) is 0 Å². The van der Waals surface area contributed by atoms with Crippen LogP contribution in [0.15, 0.2) is 24.3 Å². The van der Waals surface area contributed by atoms with Crippen LogP contribution < -0.4 is 0 Å². The predicted octanol–water partition coefficient (Wildman–Crippen LogP) is 2.22. The molecule has 0 N–H and O–H groups in total. The zero-order chi connectivity index (χ0) is 18.5. The number of benzene rings is 1. The second kappa shape index (κ2) is 8.34. The van der Waals surface area contributed by atoms with E-state index < -0.39 is 0 Å².